The second-order valence-corrected chi connectivity index (χ2v) is 4.20. The number of nitrogens with one attached hydrogen (secondary N) is 1. The van der Waals surface area contributed by atoms with Crippen LogP contribution in [0.5, 0.6) is 0 Å². The summed E-state index contributed by atoms with van der Waals surface area (Å²) in [7, 11) is 0. The summed E-state index contributed by atoms with van der Waals surface area (Å²) in [5.41, 5.74) is 9.09. The summed E-state index contributed by atoms with van der Waals surface area (Å²) < 4.78 is 38.3. The van der Waals surface area contributed by atoms with Gasteiger partial charge in [0.15, 0.2) is 5.11 Å². The lowest BCUT2D eigenvalue weighted by atomic mass is 10.3. The molecule has 100 valence electrons. The number of halogens is 3. The molecule has 0 unspecified atom stereocenters. The van der Waals surface area contributed by atoms with Crippen molar-refractivity contribution in [1.29, 1.82) is 0 Å². The van der Waals surface area contributed by atoms with Gasteiger partial charge < -0.3 is 10.3 Å². The number of nitrogens with two attached hydrogens (primary N) is 1. The van der Waals surface area contributed by atoms with E-state index in [0.717, 1.165) is 0 Å². The first-order valence-corrected chi connectivity index (χ1v) is 5.43. The Morgan fingerprint density at radius 2 is 2.17 bits per heavy atom. The van der Waals surface area contributed by atoms with Crippen molar-refractivity contribution in [2.75, 3.05) is 0 Å². The van der Waals surface area contributed by atoms with Gasteiger partial charge in [-0.05, 0) is 32.1 Å². The van der Waals surface area contributed by atoms with E-state index in [1.807, 2.05) is 0 Å². The van der Waals surface area contributed by atoms with Crippen molar-refractivity contribution < 1.29 is 13.2 Å². The molecule has 1 aromatic heterocycles. The highest BCUT2D eigenvalue weighted by atomic mass is 32.1. The summed E-state index contributed by atoms with van der Waals surface area (Å²) in [6.45, 7) is 2.19. The van der Waals surface area contributed by atoms with E-state index in [1.54, 1.807) is 19.9 Å². The van der Waals surface area contributed by atoms with E-state index in [9.17, 15) is 13.2 Å². The van der Waals surface area contributed by atoms with Crippen LogP contribution in [0.4, 0.5) is 13.2 Å². The van der Waals surface area contributed by atoms with Crippen molar-refractivity contribution >= 4 is 23.5 Å². The normalized spacial score (nSPS) is 12.1. The van der Waals surface area contributed by atoms with E-state index < -0.39 is 12.7 Å². The number of aryl methyl sites for hydroxylation is 1. The maximum absolute atomic E-state index is 12.4. The molecule has 0 saturated heterocycles. The molecule has 8 heteroatoms. The quantitative estimate of drug-likeness (QED) is 0.504. The van der Waals surface area contributed by atoms with Gasteiger partial charge in [-0.2, -0.15) is 18.3 Å². The van der Waals surface area contributed by atoms with E-state index in [0.29, 0.717) is 17.0 Å². The average Bonchev–Trinajstić information content (AvgIpc) is 2.43. The van der Waals surface area contributed by atoms with Crippen LogP contribution in [0, 0.1) is 13.8 Å². The van der Waals surface area contributed by atoms with Gasteiger partial charge in [0, 0.05) is 17.0 Å². The lowest BCUT2D eigenvalue weighted by Crippen LogP contribution is -2.24. The van der Waals surface area contributed by atoms with Gasteiger partial charge in [0.25, 0.3) is 0 Å². The molecule has 3 N–H and O–H groups in total. The molecule has 1 heterocycles. The Hall–Kier alpha value is -1.57. The summed E-state index contributed by atoms with van der Waals surface area (Å²) in [6.07, 6.45) is -2.87. The molecule has 0 radical (unpaired) electrons. The van der Waals surface area contributed by atoms with Gasteiger partial charge in [-0.15, -0.1) is 0 Å². The lowest BCUT2D eigenvalue weighted by Gasteiger charge is -2.12. The largest absolute Gasteiger partial charge is 0.406 e. The third-order valence-corrected chi connectivity index (χ3v) is 2.42. The van der Waals surface area contributed by atoms with Crippen LogP contribution in [-0.4, -0.2) is 22.1 Å². The molecule has 0 amide bonds. The number of nitrogens with zero attached hydrogens (tertiary/aromatic N) is 2. The van der Waals surface area contributed by atoms with Gasteiger partial charge in [-0.25, -0.2) is 0 Å². The lowest BCUT2D eigenvalue weighted by molar-refractivity contribution is -0.141. The first kappa shape index (κ1) is 14.5. The Morgan fingerprint density at radius 3 is 2.67 bits per heavy atom. The molecule has 0 fully saturated rings. The zero-order valence-electron chi connectivity index (χ0n) is 9.88. The minimum absolute atomic E-state index is 0.00431. The van der Waals surface area contributed by atoms with Crippen molar-refractivity contribution in [3.8, 4) is 0 Å². The maximum atomic E-state index is 12.4. The maximum Gasteiger partial charge on any atom is 0.406 e. The van der Waals surface area contributed by atoms with Crippen LogP contribution in [0.2, 0.25) is 0 Å². The van der Waals surface area contributed by atoms with Gasteiger partial charge in [0.1, 0.15) is 6.54 Å². The molecule has 18 heavy (non-hydrogen) atoms. The third kappa shape index (κ3) is 4.02. The fraction of sp³-hybridized carbons (Fsp3) is 0.400. The molecule has 0 saturated carbocycles. The van der Waals surface area contributed by atoms with E-state index in [2.05, 4.69) is 22.7 Å². The van der Waals surface area contributed by atoms with Crippen molar-refractivity contribution in [3.63, 3.8) is 0 Å². The topological polar surface area (TPSA) is 55.3 Å². The molecule has 1 aromatic rings. The zero-order valence-corrected chi connectivity index (χ0v) is 10.7. The number of hydrogen-bond donors (Lipinski definition) is 2. The van der Waals surface area contributed by atoms with Crippen molar-refractivity contribution in [2.24, 2.45) is 10.8 Å². The number of thiocarbonyl (C=S) groups is 1. The SMILES string of the molecule is Cc1cc(/C=N/NC(N)=S)c(C)n1CC(F)(F)F. The first-order chi connectivity index (χ1) is 8.20. The predicted molar refractivity (Wildman–Crippen MR) is 67.5 cm³/mol. The van der Waals surface area contributed by atoms with Crippen LogP contribution in [0.1, 0.15) is 17.0 Å². The second kappa shape index (κ2) is 5.38. The number of hydrazone groups is 1. The van der Waals surface area contributed by atoms with Crippen LogP contribution in [-0.2, 0) is 6.54 Å². The van der Waals surface area contributed by atoms with E-state index in [-0.39, 0.29) is 5.11 Å². The van der Waals surface area contributed by atoms with E-state index in [4.69, 9.17) is 5.73 Å². The monoisotopic (exact) mass is 278 g/mol. The number of rotatable bonds is 3. The van der Waals surface area contributed by atoms with Crippen molar-refractivity contribution in [1.82, 2.24) is 9.99 Å². The first-order valence-electron chi connectivity index (χ1n) is 5.02. The number of hydrogen-bond acceptors (Lipinski definition) is 2. The summed E-state index contributed by atoms with van der Waals surface area (Å²) in [6, 6.07) is 1.62. The molecule has 4 nitrogen and oxygen atoms in total. The fourth-order valence-electron chi connectivity index (χ4n) is 1.55. The molecule has 0 aliphatic rings. The van der Waals surface area contributed by atoms with Crippen LogP contribution in [0.15, 0.2) is 11.2 Å². The molecule has 1 rings (SSSR count). The molecular formula is C10H13F3N4S. The van der Waals surface area contributed by atoms with E-state index in [1.165, 1.54) is 10.8 Å². The van der Waals surface area contributed by atoms with Gasteiger partial charge in [-0.3, -0.25) is 5.43 Å². The predicted octanol–water partition coefficient (Wildman–Crippen LogP) is 1.83. The van der Waals surface area contributed by atoms with Crippen LogP contribution >= 0.6 is 12.2 Å². The van der Waals surface area contributed by atoms with Crippen LogP contribution in [0.25, 0.3) is 0 Å². The second-order valence-electron chi connectivity index (χ2n) is 3.76. The van der Waals surface area contributed by atoms with Crippen molar-refractivity contribution in [2.45, 2.75) is 26.6 Å². The van der Waals surface area contributed by atoms with Crippen LogP contribution in [0.3, 0.4) is 0 Å². The molecule has 0 aliphatic carbocycles. The molecule has 0 atom stereocenters. The minimum atomic E-state index is -4.25. The Bertz CT molecular complexity index is 476. The average molecular weight is 278 g/mol. The Morgan fingerprint density at radius 1 is 1.56 bits per heavy atom. The fourth-order valence-corrected chi connectivity index (χ4v) is 1.60. The van der Waals surface area contributed by atoms with Crippen LogP contribution < -0.4 is 11.2 Å². The van der Waals surface area contributed by atoms with E-state index >= 15 is 0 Å². The summed E-state index contributed by atoms with van der Waals surface area (Å²) in [5.74, 6) is 0. The van der Waals surface area contributed by atoms with Gasteiger partial charge >= 0.3 is 6.18 Å². The van der Waals surface area contributed by atoms with Crippen molar-refractivity contribution in [3.05, 3.63) is 23.0 Å². The Labute approximate surface area is 108 Å². The number of alkyl halides is 3. The highest BCUT2D eigenvalue weighted by molar-refractivity contribution is 7.80. The highest BCUT2D eigenvalue weighted by Crippen LogP contribution is 2.22. The Balaban J connectivity index is 2.94. The smallest absolute Gasteiger partial charge is 0.375 e. The summed E-state index contributed by atoms with van der Waals surface area (Å²) in [4.78, 5) is 0. The third-order valence-electron chi connectivity index (χ3n) is 2.33. The number of aromatic nitrogens is 1. The molecule has 0 aliphatic heterocycles. The molecule has 0 bridgehead atoms. The molecule has 0 spiro atoms. The highest BCUT2D eigenvalue weighted by Gasteiger charge is 2.29. The zero-order chi connectivity index (χ0) is 13.9. The van der Waals surface area contributed by atoms with Gasteiger partial charge in [0.2, 0.25) is 0 Å². The minimum Gasteiger partial charge on any atom is -0.375 e. The summed E-state index contributed by atoms with van der Waals surface area (Å²) in [5, 5.41) is 3.71. The molecule has 0 aromatic carbocycles. The van der Waals surface area contributed by atoms with Gasteiger partial charge in [-0.1, -0.05) is 0 Å². The summed E-state index contributed by atoms with van der Waals surface area (Å²) >= 11 is 4.55. The standard InChI is InChI=1S/C10H13F3N4S/c1-6-3-8(4-15-16-9(14)18)7(2)17(6)5-10(11,12)13/h3-4H,5H2,1-2H3,(H3,14,16,18)/b15-4+. The Kier molecular flexibility index (Phi) is 4.33. The van der Waals surface area contributed by atoms with Gasteiger partial charge in [0.05, 0.1) is 6.21 Å². The molecular weight excluding hydrogens is 265 g/mol.